The number of hydrogen-bond acceptors (Lipinski definition) is 4. The summed E-state index contributed by atoms with van der Waals surface area (Å²) in [6, 6.07) is 4.17. The molecule has 0 fully saturated rings. The Bertz CT molecular complexity index is 486. The zero-order valence-corrected chi connectivity index (χ0v) is 11.3. The summed E-state index contributed by atoms with van der Waals surface area (Å²) >= 11 is 0. The van der Waals surface area contributed by atoms with Crippen molar-refractivity contribution >= 4 is 11.6 Å². The summed E-state index contributed by atoms with van der Waals surface area (Å²) in [6.07, 6.45) is 0. The molecule has 1 amide bonds. The molecule has 0 bridgehead atoms. The maximum atomic E-state index is 11.9. The third kappa shape index (κ3) is 4.33. The Labute approximate surface area is 112 Å². The Hall–Kier alpha value is -1.95. The van der Waals surface area contributed by atoms with Gasteiger partial charge in [0, 0.05) is 30.3 Å². The Kier molecular flexibility index (Phi) is 5.00. The molecule has 0 aromatic heterocycles. The van der Waals surface area contributed by atoms with E-state index >= 15 is 0 Å². The van der Waals surface area contributed by atoms with Crippen molar-refractivity contribution in [3.8, 4) is 0 Å². The highest BCUT2D eigenvalue weighted by Crippen LogP contribution is 2.16. The second kappa shape index (κ2) is 6.29. The van der Waals surface area contributed by atoms with Gasteiger partial charge in [0.05, 0.1) is 4.92 Å². The van der Waals surface area contributed by atoms with Crippen LogP contribution in [0.5, 0.6) is 0 Å². The fourth-order valence-corrected chi connectivity index (χ4v) is 1.55. The van der Waals surface area contributed by atoms with E-state index in [1.807, 2.05) is 13.8 Å². The van der Waals surface area contributed by atoms with E-state index < -0.39 is 4.92 Å². The van der Waals surface area contributed by atoms with Gasteiger partial charge in [-0.2, -0.15) is 0 Å². The van der Waals surface area contributed by atoms with Crippen LogP contribution in [-0.4, -0.2) is 23.4 Å². The number of nitrogens with one attached hydrogen (secondary N) is 1. The first-order valence-electron chi connectivity index (χ1n) is 6.11. The van der Waals surface area contributed by atoms with Gasteiger partial charge in [0.2, 0.25) is 0 Å². The lowest BCUT2D eigenvalue weighted by Gasteiger charge is -2.16. The second-order valence-electron chi connectivity index (χ2n) is 4.93. The number of hydrogen-bond donors (Lipinski definition) is 2. The summed E-state index contributed by atoms with van der Waals surface area (Å²) in [5.74, 6) is -0.0879. The molecule has 0 aliphatic rings. The highest BCUT2D eigenvalue weighted by Gasteiger charge is 2.14. The summed E-state index contributed by atoms with van der Waals surface area (Å²) in [5.41, 5.74) is 6.70. The fraction of sp³-hybridized carbons (Fsp3) is 0.462. The molecule has 1 atom stereocenters. The van der Waals surface area contributed by atoms with Crippen LogP contribution in [0.15, 0.2) is 18.2 Å². The number of carbonyl (C=O) groups is 1. The molecule has 1 rings (SSSR count). The topological polar surface area (TPSA) is 98.3 Å². The number of carbonyl (C=O) groups excluding carboxylic acids is 1. The summed E-state index contributed by atoms with van der Waals surface area (Å²) in [5, 5.41) is 13.4. The molecule has 0 saturated carbocycles. The normalized spacial score (nSPS) is 12.3. The summed E-state index contributed by atoms with van der Waals surface area (Å²) in [6.45, 7) is 5.99. The number of nitro benzene ring substituents is 1. The van der Waals surface area contributed by atoms with Crippen molar-refractivity contribution in [1.82, 2.24) is 5.32 Å². The van der Waals surface area contributed by atoms with Crippen molar-refractivity contribution in [1.29, 1.82) is 0 Å². The maximum Gasteiger partial charge on any atom is 0.270 e. The zero-order chi connectivity index (χ0) is 14.6. The molecule has 0 radical (unpaired) electrons. The minimum Gasteiger partial charge on any atom is -0.350 e. The highest BCUT2D eigenvalue weighted by molar-refractivity contribution is 5.95. The molecule has 1 aromatic rings. The van der Waals surface area contributed by atoms with Gasteiger partial charge in [-0.15, -0.1) is 0 Å². The third-order valence-electron chi connectivity index (χ3n) is 2.89. The Balaban J connectivity index is 2.80. The lowest BCUT2D eigenvalue weighted by molar-refractivity contribution is -0.384. The van der Waals surface area contributed by atoms with E-state index in [1.165, 1.54) is 12.1 Å². The second-order valence-corrected chi connectivity index (χ2v) is 4.93. The van der Waals surface area contributed by atoms with Crippen LogP contribution >= 0.6 is 0 Å². The average Bonchev–Trinajstić information content (AvgIpc) is 2.34. The van der Waals surface area contributed by atoms with E-state index in [9.17, 15) is 14.9 Å². The van der Waals surface area contributed by atoms with E-state index in [1.54, 1.807) is 13.0 Å². The molecule has 104 valence electrons. The maximum absolute atomic E-state index is 11.9. The molecule has 0 spiro atoms. The van der Waals surface area contributed by atoms with Gasteiger partial charge in [-0.05, 0) is 24.5 Å². The SMILES string of the molecule is Cc1cc(C(=O)NCC(N)C(C)C)cc([N+](=O)[O-])c1. The van der Waals surface area contributed by atoms with Gasteiger partial charge in [-0.25, -0.2) is 0 Å². The largest absolute Gasteiger partial charge is 0.350 e. The van der Waals surface area contributed by atoms with Crippen LogP contribution in [0.4, 0.5) is 5.69 Å². The van der Waals surface area contributed by atoms with Crippen LogP contribution in [0.2, 0.25) is 0 Å². The van der Waals surface area contributed by atoms with Gasteiger partial charge in [0.1, 0.15) is 0 Å². The molecule has 3 N–H and O–H groups in total. The van der Waals surface area contributed by atoms with E-state index in [-0.39, 0.29) is 29.1 Å². The first-order valence-corrected chi connectivity index (χ1v) is 6.11. The summed E-state index contributed by atoms with van der Waals surface area (Å²) in [7, 11) is 0. The predicted octanol–water partition coefficient (Wildman–Crippen LogP) is 1.62. The Morgan fingerprint density at radius 2 is 2.05 bits per heavy atom. The van der Waals surface area contributed by atoms with Crippen LogP contribution in [0.25, 0.3) is 0 Å². The van der Waals surface area contributed by atoms with Gasteiger partial charge in [-0.3, -0.25) is 14.9 Å². The standard InChI is InChI=1S/C13H19N3O3/c1-8(2)12(14)7-15-13(17)10-4-9(3)5-11(6-10)16(18)19/h4-6,8,12H,7,14H2,1-3H3,(H,15,17). The summed E-state index contributed by atoms with van der Waals surface area (Å²) in [4.78, 5) is 22.1. The molecule has 6 heteroatoms. The molecule has 0 heterocycles. The van der Waals surface area contributed by atoms with Crippen LogP contribution in [0, 0.1) is 23.0 Å². The quantitative estimate of drug-likeness (QED) is 0.624. The van der Waals surface area contributed by atoms with E-state index in [2.05, 4.69) is 5.32 Å². The molecule has 6 nitrogen and oxygen atoms in total. The average molecular weight is 265 g/mol. The number of aryl methyl sites for hydroxylation is 1. The summed E-state index contributed by atoms with van der Waals surface area (Å²) < 4.78 is 0. The van der Waals surface area contributed by atoms with Crippen molar-refractivity contribution in [3.63, 3.8) is 0 Å². The molecular formula is C13H19N3O3. The van der Waals surface area contributed by atoms with Crippen LogP contribution < -0.4 is 11.1 Å². The molecule has 0 aliphatic heterocycles. The number of nitrogens with zero attached hydrogens (tertiary/aromatic N) is 1. The minimum absolute atomic E-state index is 0.0849. The van der Waals surface area contributed by atoms with Crippen LogP contribution in [-0.2, 0) is 0 Å². The van der Waals surface area contributed by atoms with Crippen molar-refractivity contribution in [2.45, 2.75) is 26.8 Å². The number of rotatable bonds is 5. The lowest BCUT2D eigenvalue weighted by Crippen LogP contribution is -2.40. The van der Waals surface area contributed by atoms with Crippen molar-refractivity contribution in [2.24, 2.45) is 11.7 Å². The van der Waals surface area contributed by atoms with E-state index in [4.69, 9.17) is 5.73 Å². The van der Waals surface area contributed by atoms with E-state index in [0.717, 1.165) is 0 Å². The van der Waals surface area contributed by atoms with Gasteiger partial charge >= 0.3 is 0 Å². The molecule has 1 aromatic carbocycles. The monoisotopic (exact) mass is 265 g/mol. The van der Waals surface area contributed by atoms with Gasteiger partial charge < -0.3 is 11.1 Å². The molecular weight excluding hydrogens is 246 g/mol. The number of amides is 1. The highest BCUT2D eigenvalue weighted by atomic mass is 16.6. The molecule has 0 saturated heterocycles. The van der Waals surface area contributed by atoms with Gasteiger partial charge in [-0.1, -0.05) is 13.8 Å². The first-order chi connectivity index (χ1) is 8.81. The number of nitrogens with two attached hydrogens (primary N) is 1. The minimum atomic E-state index is -0.510. The zero-order valence-electron chi connectivity index (χ0n) is 11.3. The molecule has 0 aliphatic carbocycles. The number of benzene rings is 1. The van der Waals surface area contributed by atoms with Crippen LogP contribution in [0.3, 0.4) is 0 Å². The smallest absolute Gasteiger partial charge is 0.270 e. The predicted molar refractivity (Wildman–Crippen MR) is 73.0 cm³/mol. The third-order valence-corrected chi connectivity index (χ3v) is 2.89. The van der Waals surface area contributed by atoms with E-state index in [0.29, 0.717) is 12.1 Å². The fourth-order valence-electron chi connectivity index (χ4n) is 1.55. The van der Waals surface area contributed by atoms with Gasteiger partial charge in [0.25, 0.3) is 11.6 Å². The van der Waals surface area contributed by atoms with Crippen molar-refractivity contribution in [2.75, 3.05) is 6.54 Å². The van der Waals surface area contributed by atoms with Crippen molar-refractivity contribution in [3.05, 3.63) is 39.4 Å². The van der Waals surface area contributed by atoms with Gasteiger partial charge in [0.15, 0.2) is 0 Å². The molecule has 1 unspecified atom stereocenters. The van der Waals surface area contributed by atoms with Crippen molar-refractivity contribution < 1.29 is 9.72 Å². The van der Waals surface area contributed by atoms with Crippen LogP contribution in [0.1, 0.15) is 29.8 Å². The number of non-ortho nitro benzene ring substituents is 1. The Morgan fingerprint density at radius 1 is 1.42 bits per heavy atom. The Morgan fingerprint density at radius 3 is 2.58 bits per heavy atom. The molecule has 19 heavy (non-hydrogen) atoms. The first kappa shape index (κ1) is 15.1. The number of nitro groups is 1. The lowest BCUT2D eigenvalue weighted by atomic mass is 10.1.